The van der Waals surface area contributed by atoms with E-state index >= 15 is 0 Å². The fourth-order valence-corrected chi connectivity index (χ4v) is 3.26. The summed E-state index contributed by atoms with van der Waals surface area (Å²) >= 11 is 0. The highest BCUT2D eigenvalue weighted by Gasteiger charge is 2.59. The Bertz CT molecular complexity index is 625. The molecule has 2 N–H and O–H groups in total. The van der Waals surface area contributed by atoms with Gasteiger partial charge in [-0.1, -0.05) is 6.07 Å². The van der Waals surface area contributed by atoms with E-state index in [0.717, 1.165) is 10.4 Å². The zero-order valence-electron chi connectivity index (χ0n) is 9.97. The predicted molar refractivity (Wildman–Crippen MR) is 64.4 cm³/mol. The van der Waals surface area contributed by atoms with Crippen LogP contribution in [-0.4, -0.2) is 23.4 Å². The predicted octanol–water partition coefficient (Wildman–Crippen LogP) is 0.859. The number of anilines is 1. The molecule has 1 saturated heterocycles. The lowest BCUT2D eigenvalue weighted by atomic mass is 10.1. The quantitative estimate of drug-likeness (QED) is 0.810. The molecule has 0 bridgehead atoms. The molecule has 1 aromatic rings. The van der Waals surface area contributed by atoms with Crippen molar-refractivity contribution in [3.8, 4) is 0 Å². The monoisotopic (exact) mass is 272 g/mol. The Labute approximate surface area is 104 Å². The van der Waals surface area contributed by atoms with Gasteiger partial charge in [-0.15, -0.1) is 0 Å². The van der Waals surface area contributed by atoms with E-state index in [1.165, 1.54) is 26.0 Å². The topological polar surface area (TPSA) is 80.5 Å². The van der Waals surface area contributed by atoms with Gasteiger partial charge in [0.2, 0.25) is 0 Å². The molecule has 1 aliphatic rings. The highest BCUT2D eigenvalue weighted by atomic mass is 32.2. The summed E-state index contributed by atoms with van der Waals surface area (Å²) in [6.45, 7) is 2.54. The molecule has 1 aromatic carbocycles. The van der Waals surface area contributed by atoms with E-state index in [-0.39, 0.29) is 12.2 Å². The zero-order chi connectivity index (χ0) is 13.7. The van der Waals surface area contributed by atoms with E-state index < -0.39 is 26.5 Å². The number of sulfonamides is 1. The third-order valence-corrected chi connectivity index (χ3v) is 5.41. The second kappa shape index (κ2) is 3.68. The number of benzene rings is 1. The van der Waals surface area contributed by atoms with Crippen molar-refractivity contribution in [1.82, 2.24) is 4.31 Å². The van der Waals surface area contributed by atoms with Gasteiger partial charge < -0.3 is 5.73 Å². The van der Waals surface area contributed by atoms with Crippen LogP contribution in [0, 0.1) is 5.82 Å². The van der Waals surface area contributed by atoms with Gasteiger partial charge in [-0.05, 0) is 31.5 Å². The van der Waals surface area contributed by atoms with Gasteiger partial charge in [0, 0.05) is 0 Å². The molecule has 18 heavy (non-hydrogen) atoms. The van der Waals surface area contributed by atoms with Crippen molar-refractivity contribution in [2.75, 3.05) is 5.73 Å². The van der Waals surface area contributed by atoms with Crippen LogP contribution in [0.15, 0.2) is 18.2 Å². The Morgan fingerprint density at radius 1 is 1.39 bits per heavy atom. The number of carbonyl (C=O) groups is 1. The summed E-state index contributed by atoms with van der Waals surface area (Å²) < 4.78 is 36.2. The molecule has 1 heterocycles. The van der Waals surface area contributed by atoms with Crippen molar-refractivity contribution in [2.24, 2.45) is 0 Å². The van der Waals surface area contributed by atoms with Crippen LogP contribution < -0.4 is 5.73 Å². The minimum atomic E-state index is -3.64. The van der Waals surface area contributed by atoms with Crippen LogP contribution in [0.2, 0.25) is 0 Å². The summed E-state index contributed by atoms with van der Waals surface area (Å²) in [4.78, 5) is 11.7. The minimum Gasteiger partial charge on any atom is -0.396 e. The number of nitrogens with two attached hydrogens (primary N) is 1. The summed E-state index contributed by atoms with van der Waals surface area (Å²) in [6, 6.07) is 3.96. The Morgan fingerprint density at radius 3 is 2.50 bits per heavy atom. The molecular formula is C11H13FN2O3S. The number of nitrogens with zero attached hydrogens (tertiary/aromatic N) is 1. The summed E-state index contributed by atoms with van der Waals surface area (Å²) in [5, 5.41) is 0. The molecule has 0 aliphatic carbocycles. The molecule has 2 rings (SSSR count). The molecule has 0 aromatic heterocycles. The number of hydrogen-bond acceptors (Lipinski definition) is 4. The fraction of sp³-hybridized carbons (Fsp3) is 0.364. The van der Waals surface area contributed by atoms with Crippen LogP contribution in [-0.2, 0) is 21.4 Å². The molecule has 0 spiro atoms. The smallest absolute Gasteiger partial charge is 0.259 e. The largest absolute Gasteiger partial charge is 0.396 e. The van der Waals surface area contributed by atoms with Crippen molar-refractivity contribution in [3.63, 3.8) is 0 Å². The van der Waals surface area contributed by atoms with Gasteiger partial charge in [0.05, 0.1) is 12.2 Å². The number of halogens is 1. The third kappa shape index (κ3) is 1.58. The normalized spacial score (nSPS) is 20.6. The fourth-order valence-electron chi connectivity index (χ4n) is 1.75. The maximum absolute atomic E-state index is 13.2. The van der Waals surface area contributed by atoms with Crippen LogP contribution in [0.5, 0.6) is 0 Å². The van der Waals surface area contributed by atoms with E-state index in [1.807, 2.05) is 0 Å². The lowest BCUT2D eigenvalue weighted by Gasteiger charge is -2.43. The second-order valence-electron chi connectivity index (χ2n) is 4.68. The van der Waals surface area contributed by atoms with Gasteiger partial charge in [-0.2, -0.15) is 0 Å². The minimum absolute atomic E-state index is 0.0168. The Kier molecular flexibility index (Phi) is 2.62. The van der Waals surface area contributed by atoms with Gasteiger partial charge in [-0.3, -0.25) is 4.79 Å². The van der Waals surface area contributed by atoms with E-state index in [1.54, 1.807) is 0 Å². The number of rotatable bonds is 2. The summed E-state index contributed by atoms with van der Waals surface area (Å²) in [7, 11) is -3.64. The van der Waals surface area contributed by atoms with Gasteiger partial charge in [0.25, 0.3) is 15.9 Å². The van der Waals surface area contributed by atoms with Crippen molar-refractivity contribution >= 4 is 21.6 Å². The van der Waals surface area contributed by atoms with Gasteiger partial charge >= 0.3 is 0 Å². The highest BCUT2D eigenvalue weighted by molar-refractivity contribution is 7.94. The summed E-state index contributed by atoms with van der Waals surface area (Å²) in [5.41, 5.74) is 5.68. The molecule has 0 saturated carbocycles. The Hall–Kier alpha value is -1.63. The lowest BCUT2D eigenvalue weighted by Crippen LogP contribution is -2.66. The summed E-state index contributed by atoms with van der Waals surface area (Å²) in [5.74, 6) is -1.11. The maximum Gasteiger partial charge on any atom is 0.259 e. The molecule has 98 valence electrons. The standard InChI is InChI=1S/C11H13FN2O3S/c1-11(2)10(15)14(18(11,16)17)6-7-3-4-9(13)8(12)5-7/h3-5H,6,13H2,1-2H3. The molecule has 0 atom stereocenters. The van der Waals surface area contributed by atoms with Crippen molar-refractivity contribution in [1.29, 1.82) is 0 Å². The molecule has 1 fully saturated rings. The number of carbonyl (C=O) groups excluding carboxylic acids is 1. The molecule has 5 nitrogen and oxygen atoms in total. The van der Waals surface area contributed by atoms with Gasteiger partial charge in [0.1, 0.15) is 5.82 Å². The van der Waals surface area contributed by atoms with Gasteiger partial charge in [-0.25, -0.2) is 17.1 Å². The van der Waals surface area contributed by atoms with Crippen LogP contribution in [0.25, 0.3) is 0 Å². The van der Waals surface area contributed by atoms with Crippen molar-refractivity contribution in [2.45, 2.75) is 25.1 Å². The first-order valence-corrected chi connectivity index (χ1v) is 6.72. The molecule has 0 unspecified atom stereocenters. The maximum atomic E-state index is 13.2. The molecule has 7 heteroatoms. The van der Waals surface area contributed by atoms with Crippen molar-refractivity contribution < 1.29 is 17.6 Å². The molecule has 1 aliphatic heterocycles. The number of hydrogen-bond donors (Lipinski definition) is 1. The van der Waals surface area contributed by atoms with Crippen LogP contribution in [0.3, 0.4) is 0 Å². The average molecular weight is 272 g/mol. The van der Waals surface area contributed by atoms with Crippen LogP contribution >= 0.6 is 0 Å². The third-order valence-electron chi connectivity index (χ3n) is 3.07. The van der Waals surface area contributed by atoms with E-state index in [4.69, 9.17) is 5.73 Å². The van der Waals surface area contributed by atoms with Crippen molar-refractivity contribution in [3.05, 3.63) is 29.6 Å². The first-order chi connectivity index (χ1) is 8.18. The van der Waals surface area contributed by atoms with Crippen LogP contribution in [0.1, 0.15) is 19.4 Å². The number of amides is 1. The van der Waals surface area contributed by atoms with Crippen LogP contribution in [0.4, 0.5) is 10.1 Å². The molecule has 1 amide bonds. The highest BCUT2D eigenvalue weighted by Crippen LogP contribution is 2.36. The Morgan fingerprint density at radius 2 is 2.00 bits per heavy atom. The molecule has 0 radical (unpaired) electrons. The summed E-state index contributed by atoms with van der Waals surface area (Å²) in [6.07, 6.45) is 0. The van der Waals surface area contributed by atoms with Gasteiger partial charge in [0.15, 0.2) is 4.75 Å². The molecular weight excluding hydrogens is 259 g/mol. The first-order valence-electron chi connectivity index (χ1n) is 5.28. The first kappa shape index (κ1) is 12.8. The van der Waals surface area contributed by atoms with E-state index in [9.17, 15) is 17.6 Å². The zero-order valence-corrected chi connectivity index (χ0v) is 10.8. The lowest BCUT2D eigenvalue weighted by molar-refractivity contribution is -0.132. The number of nitrogen functional groups attached to an aromatic ring is 1. The Balaban J connectivity index is 2.27. The average Bonchev–Trinajstić information content (AvgIpc) is 2.29. The SMILES string of the molecule is CC1(C)C(=O)N(Cc2ccc(N)c(F)c2)S1(=O)=O. The van der Waals surface area contributed by atoms with E-state index in [2.05, 4.69) is 0 Å². The van der Waals surface area contributed by atoms with E-state index in [0.29, 0.717) is 5.56 Å². The second-order valence-corrected chi connectivity index (χ2v) is 7.09.